The number of nitrogens with one attached hydrogen (secondary N) is 1. The molecular weight excluding hydrogens is 233 g/mol. The Bertz CT molecular complexity index is 377. The van der Waals surface area contributed by atoms with Crippen LogP contribution in [0.25, 0.3) is 0 Å². The van der Waals surface area contributed by atoms with Gasteiger partial charge in [-0.3, -0.25) is 0 Å². The minimum atomic E-state index is -4.40. The molecule has 0 radical (unpaired) electrons. The number of anilines is 1. The number of hydrogen-bond acceptors (Lipinski definition) is 3. The molecule has 0 aliphatic carbocycles. The Hall–Kier alpha value is -1.46. The SMILES string of the molecule is CNc1cc(C(F)(F)F)cc(OCC(C)C)n1. The first-order valence-electron chi connectivity index (χ1n) is 5.22. The zero-order valence-electron chi connectivity index (χ0n) is 9.93. The molecule has 0 bridgehead atoms. The summed E-state index contributed by atoms with van der Waals surface area (Å²) in [6.45, 7) is 4.15. The Balaban J connectivity index is 2.97. The molecule has 96 valence electrons. The molecule has 0 atom stereocenters. The summed E-state index contributed by atoms with van der Waals surface area (Å²) in [5.74, 6) is 0.348. The van der Waals surface area contributed by atoms with Gasteiger partial charge in [0, 0.05) is 13.1 Å². The lowest BCUT2D eigenvalue weighted by atomic mass is 10.2. The largest absolute Gasteiger partial charge is 0.477 e. The summed E-state index contributed by atoms with van der Waals surface area (Å²) in [5, 5.41) is 2.58. The molecule has 0 fully saturated rings. The van der Waals surface area contributed by atoms with Crippen LogP contribution in [0.15, 0.2) is 12.1 Å². The van der Waals surface area contributed by atoms with E-state index in [2.05, 4.69) is 10.3 Å². The number of rotatable bonds is 4. The molecule has 0 spiro atoms. The van der Waals surface area contributed by atoms with Crippen LogP contribution >= 0.6 is 0 Å². The van der Waals surface area contributed by atoms with Crippen molar-refractivity contribution in [2.75, 3.05) is 19.0 Å². The van der Waals surface area contributed by atoms with Crippen LogP contribution in [0.1, 0.15) is 19.4 Å². The molecule has 0 aromatic carbocycles. The van der Waals surface area contributed by atoms with E-state index in [-0.39, 0.29) is 17.6 Å². The predicted octanol–water partition coefficient (Wildman–Crippen LogP) is 3.18. The standard InChI is InChI=1S/C11H15F3N2O/c1-7(2)6-17-10-5-8(11(12,13)14)4-9(15-3)16-10/h4-5,7H,6H2,1-3H3,(H,15,16). The molecule has 1 N–H and O–H groups in total. The quantitative estimate of drug-likeness (QED) is 0.888. The molecule has 1 rings (SSSR count). The third-order valence-electron chi connectivity index (χ3n) is 1.95. The molecule has 0 amide bonds. The number of nitrogens with zero attached hydrogens (tertiary/aromatic N) is 1. The summed E-state index contributed by atoms with van der Waals surface area (Å²) >= 11 is 0. The summed E-state index contributed by atoms with van der Waals surface area (Å²) in [4.78, 5) is 3.90. The van der Waals surface area contributed by atoms with Gasteiger partial charge in [0.05, 0.1) is 12.2 Å². The average Bonchev–Trinajstić information content (AvgIpc) is 2.24. The highest BCUT2D eigenvalue weighted by molar-refractivity contribution is 5.42. The first-order chi connectivity index (χ1) is 7.82. The molecular formula is C11H15F3N2O. The third-order valence-corrected chi connectivity index (χ3v) is 1.95. The van der Waals surface area contributed by atoms with Crippen LogP contribution in [0, 0.1) is 5.92 Å². The Morgan fingerprint density at radius 2 is 2.00 bits per heavy atom. The molecule has 17 heavy (non-hydrogen) atoms. The maximum Gasteiger partial charge on any atom is 0.416 e. The topological polar surface area (TPSA) is 34.1 Å². The van der Waals surface area contributed by atoms with Crippen LogP contribution in [0.3, 0.4) is 0 Å². The van der Waals surface area contributed by atoms with E-state index in [1.807, 2.05) is 13.8 Å². The summed E-state index contributed by atoms with van der Waals surface area (Å²) in [6, 6.07) is 1.85. The summed E-state index contributed by atoms with van der Waals surface area (Å²) in [7, 11) is 1.51. The van der Waals surface area contributed by atoms with Crippen LogP contribution in [-0.4, -0.2) is 18.6 Å². The maximum atomic E-state index is 12.6. The predicted molar refractivity (Wildman–Crippen MR) is 59.1 cm³/mol. The minimum Gasteiger partial charge on any atom is -0.477 e. The van der Waals surface area contributed by atoms with Gasteiger partial charge < -0.3 is 10.1 Å². The van der Waals surface area contributed by atoms with E-state index in [0.29, 0.717) is 6.61 Å². The second-order valence-electron chi connectivity index (χ2n) is 4.03. The Morgan fingerprint density at radius 3 is 2.47 bits per heavy atom. The lowest BCUT2D eigenvalue weighted by Crippen LogP contribution is -2.10. The monoisotopic (exact) mass is 248 g/mol. The minimum absolute atomic E-state index is 0.0159. The number of halogens is 3. The molecule has 0 aliphatic rings. The lowest BCUT2D eigenvalue weighted by molar-refractivity contribution is -0.137. The fraction of sp³-hybridized carbons (Fsp3) is 0.545. The molecule has 1 aromatic rings. The van der Waals surface area contributed by atoms with Gasteiger partial charge in [-0.05, 0) is 12.0 Å². The third kappa shape index (κ3) is 4.13. The van der Waals surface area contributed by atoms with E-state index in [1.54, 1.807) is 0 Å². The smallest absolute Gasteiger partial charge is 0.416 e. The summed E-state index contributed by atoms with van der Waals surface area (Å²) in [6.07, 6.45) is -4.40. The van der Waals surface area contributed by atoms with Crippen molar-refractivity contribution >= 4 is 5.82 Å². The van der Waals surface area contributed by atoms with E-state index in [1.165, 1.54) is 7.05 Å². The van der Waals surface area contributed by atoms with Crippen LogP contribution < -0.4 is 10.1 Å². The van der Waals surface area contributed by atoms with Gasteiger partial charge in [0.15, 0.2) is 0 Å². The van der Waals surface area contributed by atoms with E-state index in [9.17, 15) is 13.2 Å². The first-order valence-corrected chi connectivity index (χ1v) is 5.22. The van der Waals surface area contributed by atoms with Gasteiger partial charge in [-0.2, -0.15) is 18.2 Å². The van der Waals surface area contributed by atoms with E-state index < -0.39 is 11.7 Å². The Morgan fingerprint density at radius 1 is 1.35 bits per heavy atom. The van der Waals surface area contributed by atoms with Gasteiger partial charge in [-0.1, -0.05) is 13.8 Å². The van der Waals surface area contributed by atoms with E-state index in [0.717, 1.165) is 12.1 Å². The second-order valence-corrected chi connectivity index (χ2v) is 4.03. The molecule has 0 saturated carbocycles. The molecule has 0 saturated heterocycles. The van der Waals surface area contributed by atoms with Gasteiger partial charge in [0.25, 0.3) is 0 Å². The van der Waals surface area contributed by atoms with Crippen molar-refractivity contribution in [2.45, 2.75) is 20.0 Å². The van der Waals surface area contributed by atoms with Gasteiger partial charge in [0.1, 0.15) is 5.82 Å². The van der Waals surface area contributed by atoms with Crippen molar-refractivity contribution in [3.05, 3.63) is 17.7 Å². The van der Waals surface area contributed by atoms with Crippen molar-refractivity contribution < 1.29 is 17.9 Å². The Kier molecular flexibility index (Phi) is 4.20. The first kappa shape index (κ1) is 13.6. The maximum absolute atomic E-state index is 12.6. The average molecular weight is 248 g/mol. The van der Waals surface area contributed by atoms with E-state index in [4.69, 9.17) is 4.74 Å². The second kappa shape index (κ2) is 5.25. The fourth-order valence-corrected chi connectivity index (χ4v) is 1.12. The molecule has 1 heterocycles. The van der Waals surface area contributed by atoms with Gasteiger partial charge in [0.2, 0.25) is 5.88 Å². The van der Waals surface area contributed by atoms with E-state index >= 15 is 0 Å². The van der Waals surface area contributed by atoms with Crippen LogP contribution in [0.4, 0.5) is 19.0 Å². The number of hydrogen-bond donors (Lipinski definition) is 1. The van der Waals surface area contributed by atoms with Crippen LogP contribution in [0.2, 0.25) is 0 Å². The molecule has 0 unspecified atom stereocenters. The number of ether oxygens (including phenoxy) is 1. The van der Waals surface area contributed by atoms with Crippen molar-refractivity contribution in [3.8, 4) is 5.88 Å². The van der Waals surface area contributed by atoms with Crippen molar-refractivity contribution in [3.63, 3.8) is 0 Å². The highest BCUT2D eigenvalue weighted by Gasteiger charge is 2.31. The zero-order chi connectivity index (χ0) is 13.1. The van der Waals surface area contributed by atoms with Crippen molar-refractivity contribution in [1.29, 1.82) is 0 Å². The van der Waals surface area contributed by atoms with Crippen molar-refractivity contribution in [2.24, 2.45) is 5.92 Å². The zero-order valence-corrected chi connectivity index (χ0v) is 9.93. The number of aromatic nitrogens is 1. The molecule has 0 aliphatic heterocycles. The lowest BCUT2D eigenvalue weighted by Gasteiger charge is -2.12. The molecule has 3 nitrogen and oxygen atoms in total. The summed E-state index contributed by atoms with van der Waals surface area (Å²) < 4.78 is 42.9. The van der Waals surface area contributed by atoms with Crippen LogP contribution in [0.5, 0.6) is 5.88 Å². The molecule has 1 aromatic heterocycles. The number of pyridine rings is 1. The molecule has 6 heteroatoms. The fourth-order valence-electron chi connectivity index (χ4n) is 1.12. The van der Waals surface area contributed by atoms with Gasteiger partial charge in [-0.25, -0.2) is 0 Å². The van der Waals surface area contributed by atoms with Gasteiger partial charge >= 0.3 is 6.18 Å². The number of alkyl halides is 3. The highest BCUT2D eigenvalue weighted by Crippen LogP contribution is 2.32. The highest BCUT2D eigenvalue weighted by atomic mass is 19.4. The van der Waals surface area contributed by atoms with Crippen molar-refractivity contribution in [1.82, 2.24) is 4.98 Å². The summed E-state index contributed by atoms with van der Waals surface area (Å²) in [5.41, 5.74) is -0.768. The Labute approximate surface area is 98.0 Å². The van der Waals surface area contributed by atoms with Crippen LogP contribution in [-0.2, 0) is 6.18 Å². The van der Waals surface area contributed by atoms with Gasteiger partial charge in [-0.15, -0.1) is 0 Å². The normalized spacial score (nSPS) is 11.7.